The minimum absolute atomic E-state index is 0.0689. The van der Waals surface area contributed by atoms with Crippen molar-refractivity contribution in [3.8, 4) is 5.75 Å². The second-order valence-corrected chi connectivity index (χ2v) is 8.57. The van der Waals surface area contributed by atoms with E-state index in [9.17, 15) is 18.0 Å². The number of sulfonamides is 1. The second kappa shape index (κ2) is 10.6. The van der Waals surface area contributed by atoms with Crippen molar-refractivity contribution >= 4 is 33.3 Å². The lowest BCUT2D eigenvalue weighted by atomic mass is 10.2. The molecule has 0 aliphatic carbocycles. The van der Waals surface area contributed by atoms with Gasteiger partial charge in [0.2, 0.25) is 5.91 Å². The number of carbonyl (C=O) groups is 2. The topological polar surface area (TPSA) is 115 Å². The van der Waals surface area contributed by atoms with Crippen LogP contribution < -0.4 is 14.4 Å². The minimum Gasteiger partial charge on any atom is -0.497 e. The van der Waals surface area contributed by atoms with Gasteiger partial charge in [0.05, 0.1) is 30.7 Å². The molecule has 0 aliphatic heterocycles. The highest BCUT2D eigenvalue weighted by Crippen LogP contribution is 2.26. The summed E-state index contributed by atoms with van der Waals surface area (Å²) < 4.78 is 37.8. The molecule has 172 valence electrons. The lowest BCUT2D eigenvalue weighted by Gasteiger charge is -2.24. The van der Waals surface area contributed by atoms with Crippen molar-refractivity contribution in [2.24, 2.45) is 0 Å². The Morgan fingerprint density at radius 2 is 1.76 bits per heavy atom. The predicted octanol–water partition coefficient (Wildman–Crippen LogP) is 3.10. The summed E-state index contributed by atoms with van der Waals surface area (Å²) in [6.07, 6.45) is 2.66. The van der Waals surface area contributed by atoms with Crippen molar-refractivity contribution in [3.05, 3.63) is 78.6 Å². The van der Waals surface area contributed by atoms with Crippen molar-refractivity contribution in [3.63, 3.8) is 0 Å². The summed E-state index contributed by atoms with van der Waals surface area (Å²) in [7, 11) is -2.62. The molecule has 0 saturated heterocycles. The van der Waals surface area contributed by atoms with Gasteiger partial charge in [-0.3, -0.25) is 14.1 Å². The van der Waals surface area contributed by atoms with Gasteiger partial charge in [0, 0.05) is 12.4 Å². The number of benzene rings is 2. The van der Waals surface area contributed by atoms with E-state index in [2.05, 4.69) is 10.3 Å². The van der Waals surface area contributed by atoms with E-state index in [1.54, 1.807) is 31.2 Å². The first kappa shape index (κ1) is 23.7. The van der Waals surface area contributed by atoms with Crippen LogP contribution in [0.15, 0.2) is 78.0 Å². The van der Waals surface area contributed by atoms with Crippen molar-refractivity contribution in [2.45, 2.75) is 11.8 Å². The molecule has 1 amide bonds. The zero-order valence-corrected chi connectivity index (χ0v) is 18.9. The summed E-state index contributed by atoms with van der Waals surface area (Å²) in [6, 6.07) is 15.5. The summed E-state index contributed by atoms with van der Waals surface area (Å²) in [5.74, 6) is -0.705. The molecule has 0 unspecified atom stereocenters. The molecule has 3 aromatic rings. The fraction of sp³-hybridized carbons (Fsp3) is 0.174. The van der Waals surface area contributed by atoms with Gasteiger partial charge in [-0.2, -0.15) is 0 Å². The molecule has 9 nitrogen and oxygen atoms in total. The molecule has 0 radical (unpaired) electrons. The van der Waals surface area contributed by atoms with E-state index in [0.717, 1.165) is 4.31 Å². The molecule has 0 spiro atoms. The largest absolute Gasteiger partial charge is 0.497 e. The number of hydrogen-bond acceptors (Lipinski definition) is 7. The van der Waals surface area contributed by atoms with Crippen molar-refractivity contribution < 1.29 is 27.5 Å². The summed E-state index contributed by atoms with van der Waals surface area (Å²) in [6.45, 7) is 1.31. The Hall–Kier alpha value is -3.92. The first-order chi connectivity index (χ1) is 15.9. The van der Waals surface area contributed by atoms with Crippen LogP contribution in [-0.2, 0) is 19.6 Å². The standard InChI is InChI=1S/C23H23N3O6S/c1-3-32-23(28)20-8-4-5-9-21(20)25-22(27)16-26(17-10-12-18(31-2)13-11-17)33(29,30)19-7-6-14-24-15-19/h4-15H,3,16H2,1-2H3,(H,25,27). The molecule has 3 rings (SSSR count). The zero-order valence-electron chi connectivity index (χ0n) is 18.1. The first-order valence-electron chi connectivity index (χ1n) is 9.99. The number of pyridine rings is 1. The number of nitrogens with zero attached hydrogens (tertiary/aromatic N) is 2. The maximum atomic E-state index is 13.3. The van der Waals surface area contributed by atoms with Gasteiger partial charge in [-0.15, -0.1) is 0 Å². The third kappa shape index (κ3) is 5.66. The lowest BCUT2D eigenvalue weighted by Crippen LogP contribution is -2.38. The van der Waals surface area contributed by atoms with Gasteiger partial charge in [0.1, 0.15) is 17.2 Å². The molecule has 0 atom stereocenters. The highest BCUT2D eigenvalue weighted by Gasteiger charge is 2.28. The monoisotopic (exact) mass is 469 g/mol. The lowest BCUT2D eigenvalue weighted by molar-refractivity contribution is -0.114. The van der Waals surface area contributed by atoms with Crippen LogP contribution >= 0.6 is 0 Å². The molecular weight excluding hydrogens is 446 g/mol. The molecule has 0 bridgehead atoms. The number of para-hydroxylation sites is 1. The van der Waals surface area contributed by atoms with Crippen molar-refractivity contribution in [1.29, 1.82) is 0 Å². The maximum Gasteiger partial charge on any atom is 0.340 e. The number of carbonyl (C=O) groups excluding carboxylic acids is 2. The van der Waals surface area contributed by atoms with Gasteiger partial charge in [-0.1, -0.05) is 12.1 Å². The second-order valence-electron chi connectivity index (χ2n) is 6.71. The van der Waals surface area contributed by atoms with E-state index in [0.29, 0.717) is 5.75 Å². The van der Waals surface area contributed by atoms with E-state index in [1.807, 2.05) is 0 Å². The Labute approximate surface area is 192 Å². The van der Waals surface area contributed by atoms with E-state index in [4.69, 9.17) is 9.47 Å². The quantitative estimate of drug-likeness (QED) is 0.479. The highest BCUT2D eigenvalue weighted by molar-refractivity contribution is 7.92. The van der Waals surface area contributed by atoms with Gasteiger partial charge in [-0.05, 0) is 55.5 Å². The van der Waals surface area contributed by atoms with Crippen LogP contribution in [-0.4, -0.2) is 45.5 Å². The third-order valence-corrected chi connectivity index (χ3v) is 6.32. The van der Waals surface area contributed by atoms with E-state index in [-0.39, 0.29) is 28.4 Å². The average molecular weight is 470 g/mol. The van der Waals surface area contributed by atoms with Crippen LogP contribution in [0.25, 0.3) is 0 Å². The van der Waals surface area contributed by atoms with E-state index < -0.39 is 28.4 Å². The van der Waals surface area contributed by atoms with Gasteiger partial charge in [0.25, 0.3) is 10.0 Å². The fourth-order valence-electron chi connectivity index (χ4n) is 2.99. The predicted molar refractivity (Wildman–Crippen MR) is 123 cm³/mol. The highest BCUT2D eigenvalue weighted by atomic mass is 32.2. The molecule has 0 saturated carbocycles. The number of methoxy groups -OCH3 is 1. The molecule has 2 aromatic carbocycles. The van der Waals surface area contributed by atoms with Crippen LogP contribution in [0, 0.1) is 0 Å². The SMILES string of the molecule is CCOC(=O)c1ccccc1NC(=O)CN(c1ccc(OC)cc1)S(=O)(=O)c1cccnc1. The molecule has 1 aromatic heterocycles. The van der Waals surface area contributed by atoms with E-state index >= 15 is 0 Å². The van der Waals surface area contributed by atoms with Crippen molar-refractivity contribution in [2.75, 3.05) is 29.9 Å². The van der Waals surface area contributed by atoms with Gasteiger partial charge < -0.3 is 14.8 Å². The number of rotatable bonds is 9. The van der Waals surface area contributed by atoms with Crippen LogP contribution in [0.1, 0.15) is 17.3 Å². The van der Waals surface area contributed by atoms with Crippen LogP contribution in [0.3, 0.4) is 0 Å². The normalized spacial score (nSPS) is 10.8. The smallest absolute Gasteiger partial charge is 0.340 e. The molecule has 0 fully saturated rings. The Morgan fingerprint density at radius 3 is 2.39 bits per heavy atom. The summed E-state index contributed by atoms with van der Waals surface area (Å²) in [5, 5.41) is 2.61. The van der Waals surface area contributed by atoms with Crippen LogP contribution in [0.4, 0.5) is 11.4 Å². The van der Waals surface area contributed by atoms with Crippen LogP contribution in [0.2, 0.25) is 0 Å². The number of aromatic nitrogens is 1. The summed E-state index contributed by atoms with van der Waals surface area (Å²) in [5.41, 5.74) is 0.640. The maximum absolute atomic E-state index is 13.3. The van der Waals surface area contributed by atoms with Gasteiger partial charge in [-0.25, -0.2) is 13.2 Å². The number of amides is 1. The average Bonchev–Trinajstić information content (AvgIpc) is 2.83. The Kier molecular flexibility index (Phi) is 7.62. The van der Waals surface area contributed by atoms with E-state index in [1.165, 1.54) is 55.9 Å². The van der Waals surface area contributed by atoms with Crippen molar-refractivity contribution in [1.82, 2.24) is 4.98 Å². The molecule has 1 N–H and O–H groups in total. The fourth-order valence-corrected chi connectivity index (χ4v) is 4.38. The number of nitrogens with one attached hydrogen (secondary N) is 1. The number of hydrogen-bond donors (Lipinski definition) is 1. The number of esters is 1. The summed E-state index contributed by atoms with van der Waals surface area (Å²) in [4.78, 5) is 28.9. The molecule has 0 aliphatic rings. The minimum atomic E-state index is -4.12. The van der Waals surface area contributed by atoms with Crippen LogP contribution in [0.5, 0.6) is 5.75 Å². The van der Waals surface area contributed by atoms with Gasteiger partial charge >= 0.3 is 5.97 Å². The zero-order chi connectivity index (χ0) is 23.8. The third-order valence-electron chi connectivity index (χ3n) is 4.57. The number of anilines is 2. The molecule has 10 heteroatoms. The Morgan fingerprint density at radius 1 is 1.03 bits per heavy atom. The summed E-state index contributed by atoms with van der Waals surface area (Å²) >= 11 is 0. The molecule has 33 heavy (non-hydrogen) atoms. The Balaban J connectivity index is 1.93. The Bertz CT molecular complexity index is 1210. The molecular formula is C23H23N3O6S. The van der Waals surface area contributed by atoms with Gasteiger partial charge in [0.15, 0.2) is 0 Å². The number of ether oxygens (including phenoxy) is 2. The first-order valence-corrected chi connectivity index (χ1v) is 11.4. The molecule has 1 heterocycles.